The van der Waals surface area contributed by atoms with Crippen LogP contribution in [0.1, 0.15) is 23.0 Å². The van der Waals surface area contributed by atoms with Gasteiger partial charge in [0, 0.05) is 48.6 Å². The first kappa shape index (κ1) is 17.5. The van der Waals surface area contributed by atoms with Gasteiger partial charge in [0.05, 0.1) is 11.1 Å². The number of carbonyl (C=O) groups is 1. The molecule has 1 amide bonds. The summed E-state index contributed by atoms with van der Waals surface area (Å²) in [7, 11) is 0. The number of pyridine rings is 1. The van der Waals surface area contributed by atoms with Crippen molar-refractivity contribution in [3.63, 3.8) is 0 Å². The smallest absolute Gasteiger partial charge is 0.257 e. The van der Waals surface area contributed by atoms with Gasteiger partial charge in [-0.3, -0.25) is 4.79 Å². The van der Waals surface area contributed by atoms with Gasteiger partial charge in [0.25, 0.3) is 5.91 Å². The van der Waals surface area contributed by atoms with Crippen molar-refractivity contribution in [2.24, 2.45) is 0 Å². The zero-order chi connectivity index (χ0) is 19.0. The quantitative estimate of drug-likeness (QED) is 0.665. The lowest BCUT2D eigenvalue weighted by Gasteiger charge is -2.32. The van der Waals surface area contributed by atoms with Crippen LogP contribution in [0.15, 0.2) is 36.5 Å². The van der Waals surface area contributed by atoms with Crippen molar-refractivity contribution in [3.8, 4) is 0 Å². The molecular weight excluding hydrogens is 345 g/mol. The number of nitrogens with zero attached hydrogens (tertiary/aromatic N) is 2. The van der Waals surface area contributed by atoms with Crippen molar-refractivity contribution in [3.05, 3.63) is 53.6 Å². The number of fused-ring (bicyclic) bond motifs is 1. The third-order valence-corrected chi connectivity index (χ3v) is 4.78. The highest BCUT2D eigenvalue weighted by Gasteiger charge is 2.17. The van der Waals surface area contributed by atoms with Gasteiger partial charge in [-0.05, 0) is 44.2 Å². The lowest BCUT2D eigenvalue weighted by Crippen LogP contribution is -2.49. The molecule has 6 nitrogen and oxygen atoms in total. The highest BCUT2D eigenvalue weighted by atomic mass is 19.1. The molecule has 3 aromatic rings. The van der Waals surface area contributed by atoms with E-state index >= 15 is 0 Å². The Bertz CT molecular complexity index is 982. The molecule has 3 N–H and O–H groups in total. The molecule has 140 valence electrons. The zero-order valence-electron chi connectivity index (χ0n) is 15.3. The van der Waals surface area contributed by atoms with Crippen molar-refractivity contribution in [2.45, 2.75) is 19.9 Å². The number of nitrogens with one attached hydrogen (secondary N) is 3. The Morgan fingerprint density at radius 2 is 2.19 bits per heavy atom. The van der Waals surface area contributed by atoms with Crippen LogP contribution in [0.25, 0.3) is 10.9 Å². The Balaban J connectivity index is 1.49. The second-order valence-corrected chi connectivity index (χ2v) is 7.03. The molecule has 0 saturated carbocycles. The molecule has 0 bridgehead atoms. The summed E-state index contributed by atoms with van der Waals surface area (Å²) < 4.78 is 14.2. The monoisotopic (exact) mass is 367 g/mol. The lowest BCUT2D eigenvalue weighted by atomic mass is 10.2. The minimum Gasteiger partial charge on any atom is -0.359 e. The molecule has 7 heteroatoms. The number of H-pyrrole nitrogens is 1. The van der Waals surface area contributed by atoms with E-state index in [2.05, 4.69) is 32.4 Å². The Morgan fingerprint density at radius 1 is 1.33 bits per heavy atom. The number of benzene rings is 1. The van der Waals surface area contributed by atoms with Gasteiger partial charge in [-0.25, -0.2) is 9.37 Å². The summed E-state index contributed by atoms with van der Waals surface area (Å²) in [6.45, 7) is 6.68. The first-order valence-electron chi connectivity index (χ1n) is 9.04. The maximum atomic E-state index is 14.2. The number of amides is 1. The number of carbonyl (C=O) groups excluding carboxylic acids is 1. The number of aromatic nitrogens is 2. The summed E-state index contributed by atoms with van der Waals surface area (Å²) in [6, 6.07) is 8.81. The van der Waals surface area contributed by atoms with Crippen LogP contribution < -0.4 is 15.5 Å². The van der Waals surface area contributed by atoms with Crippen LogP contribution in [-0.4, -0.2) is 41.6 Å². The van der Waals surface area contributed by atoms with E-state index in [4.69, 9.17) is 0 Å². The molecule has 0 spiro atoms. The van der Waals surface area contributed by atoms with E-state index in [-0.39, 0.29) is 11.7 Å². The number of halogens is 1. The molecule has 1 aliphatic rings. The Labute approximate surface area is 156 Å². The molecule has 1 fully saturated rings. The normalized spacial score (nSPS) is 17.3. The van der Waals surface area contributed by atoms with Crippen LogP contribution in [0.5, 0.6) is 0 Å². The maximum Gasteiger partial charge on any atom is 0.257 e. The van der Waals surface area contributed by atoms with E-state index in [0.29, 0.717) is 28.2 Å². The topological polar surface area (TPSA) is 73.1 Å². The molecule has 0 radical (unpaired) electrons. The van der Waals surface area contributed by atoms with Crippen molar-refractivity contribution < 1.29 is 9.18 Å². The van der Waals surface area contributed by atoms with E-state index in [9.17, 15) is 9.18 Å². The highest BCUT2D eigenvalue weighted by Crippen LogP contribution is 2.24. The van der Waals surface area contributed by atoms with Crippen LogP contribution in [0.4, 0.5) is 15.9 Å². The van der Waals surface area contributed by atoms with Crippen LogP contribution in [0.2, 0.25) is 0 Å². The summed E-state index contributed by atoms with van der Waals surface area (Å²) in [4.78, 5) is 22.2. The fourth-order valence-electron chi connectivity index (χ4n) is 3.46. The predicted molar refractivity (Wildman–Crippen MR) is 105 cm³/mol. The zero-order valence-corrected chi connectivity index (χ0v) is 15.3. The largest absolute Gasteiger partial charge is 0.359 e. The lowest BCUT2D eigenvalue weighted by molar-refractivity contribution is 0.102. The number of aryl methyl sites for hydroxylation is 1. The number of hydrogen-bond donors (Lipinski definition) is 3. The minimum absolute atomic E-state index is 0.315. The molecule has 0 aliphatic carbocycles. The number of aromatic amines is 1. The fraction of sp³-hybridized carbons (Fsp3) is 0.300. The molecule has 4 rings (SSSR count). The van der Waals surface area contributed by atoms with E-state index in [1.807, 2.05) is 13.0 Å². The van der Waals surface area contributed by atoms with E-state index in [1.54, 1.807) is 24.4 Å². The summed E-state index contributed by atoms with van der Waals surface area (Å²) in [5.41, 5.74) is 2.37. The average molecular weight is 367 g/mol. The van der Waals surface area contributed by atoms with Gasteiger partial charge in [-0.1, -0.05) is 0 Å². The van der Waals surface area contributed by atoms with Crippen LogP contribution >= 0.6 is 0 Å². The number of anilines is 2. The molecule has 1 saturated heterocycles. The van der Waals surface area contributed by atoms with Gasteiger partial charge in [0.2, 0.25) is 0 Å². The average Bonchev–Trinajstić information content (AvgIpc) is 3.03. The molecule has 2 aromatic heterocycles. The van der Waals surface area contributed by atoms with Gasteiger partial charge in [0.1, 0.15) is 11.6 Å². The summed E-state index contributed by atoms with van der Waals surface area (Å²) in [5.74, 6) is 0.174. The van der Waals surface area contributed by atoms with Gasteiger partial charge in [-0.2, -0.15) is 0 Å². The number of piperazine rings is 1. The summed E-state index contributed by atoms with van der Waals surface area (Å²) in [5, 5.41) is 6.65. The van der Waals surface area contributed by atoms with E-state index in [1.165, 1.54) is 6.07 Å². The molecular formula is C20H22FN5O. The van der Waals surface area contributed by atoms with E-state index < -0.39 is 0 Å². The van der Waals surface area contributed by atoms with Crippen molar-refractivity contribution >= 4 is 28.3 Å². The van der Waals surface area contributed by atoms with Crippen LogP contribution in [-0.2, 0) is 0 Å². The van der Waals surface area contributed by atoms with Crippen LogP contribution in [0.3, 0.4) is 0 Å². The molecule has 1 atom stereocenters. The van der Waals surface area contributed by atoms with Crippen molar-refractivity contribution in [1.82, 2.24) is 15.3 Å². The Morgan fingerprint density at radius 3 is 2.93 bits per heavy atom. The predicted octanol–water partition coefficient (Wildman–Crippen LogP) is 3.06. The molecule has 1 unspecified atom stereocenters. The fourth-order valence-corrected chi connectivity index (χ4v) is 3.46. The first-order valence-corrected chi connectivity index (χ1v) is 9.04. The first-order chi connectivity index (χ1) is 13.0. The maximum absolute atomic E-state index is 14.2. The second kappa shape index (κ2) is 7.00. The number of rotatable bonds is 3. The molecule has 3 heterocycles. The Hall–Kier alpha value is -2.93. The number of hydrogen-bond acceptors (Lipinski definition) is 4. The standard InChI is InChI=1S/C20H22FN5O/c1-12-7-16-17(21)8-15(9-18(16)24-12)25-20(27)14-3-4-19(23-10-14)26-6-5-22-13(2)11-26/h3-4,7-10,13,22,24H,5-6,11H2,1-2H3,(H,25,27). The summed E-state index contributed by atoms with van der Waals surface area (Å²) >= 11 is 0. The third kappa shape index (κ3) is 3.64. The van der Waals surface area contributed by atoms with Crippen LogP contribution in [0, 0.1) is 12.7 Å². The van der Waals surface area contributed by atoms with E-state index in [0.717, 1.165) is 31.1 Å². The second-order valence-electron chi connectivity index (χ2n) is 7.03. The molecule has 1 aliphatic heterocycles. The van der Waals surface area contributed by atoms with Gasteiger partial charge >= 0.3 is 0 Å². The Kier molecular flexibility index (Phi) is 4.53. The van der Waals surface area contributed by atoms with Crippen molar-refractivity contribution in [1.29, 1.82) is 0 Å². The minimum atomic E-state index is -0.367. The third-order valence-electron chi connectivity index (χ3n) is 4.78. The van der Waals surface area contributed by atoms with Gasteiger partial charge in [0.15, 0.2) is 0 Å². The van der Waals surface area contributed by atoms with Gasteiger partial charge in [-0.15, -0.1) is 0 Å². The highest BCUT2D eigenvalue weighted by molar-refractivity contribution is 6.05. The van der Waals surface area contributed by atoms with Gasteiger partial charge < -0.3 is 20.5 Å². The molecule has 27 heavy (non-hydrogen) atoms. The summed E-state index contributed by atoms with van der Waals surface area (Å²) in [6.07, 6.45) is 1.56. The molecule has 1 aromatic carbocycles. The van der Waals surface area contributed by atoms with Crippen molar-refractivity contribution in [2.75, 3.05) is 29.9 Å². The SMILES string of the molecule is Cc1cc2c(F)cc(NC(=O)c3ccc(N4CCNC(C)C4)nc3)cc2[nH]1.